The van der Waals surface area contributed by atoms with E-state index in [1.165, 1.54) is 12.1 Å². The molecule has 3 saturated heterocycles. The van der Waals surface area contributed by atoms with Gasteiger partial charge in [-0.15, -0.1) is 0 Å². The second kappa shape index (κ2) is 17.7. The summed E-state index contributed by atoms with van der Waals surface area (Å²) in [6.45, 7) is 15.5. The van der Waals surface area contributed by atoms with E-state index in [0.29, 0.717) is 116 Å². The third-order valence-corrected chi connectivity index (χ3v) is 12.2. The number of phenols is 1. The molecule has 0 aliphatic carbocycles. The topological polar surface area (TPSA) is 136 Å². The highest BCUT2D eigenvalue weighted by molar-refractivity contribution is 6.01. The first-order chi connectivity index (χ1) is 27.8. The van der Waals surface area contributed by atoms with E-state index in [-0.39, 0.29) is 46.2 Å². The zero-order valence-electron chi connectivity index (χ0n) is 34.5. The highest BCUT2D eigenvalue weighted by Gasteiger charge is 2.34. The standard InChI is InChI=1S/C44H58F2N8O4/c1-6-32-35(45)15-12-28-22-31(55)23-33(38(28)32)40-39(46)41-34(24-47-40)42(54-25-29-13-14-30(26-54)49-29)51-43(50-41)58-21-9-16-52-17-19-53(20-18-52)37(57)11-8-7-10-36(56)48-27(2)44(3,4)5/h12,15,22-24,27,29-30,49,55H,6-11,13-14,16-21,25-26H2,1-5H3,(H,48,56). The average molecular weight is 801 g/mol. The maximum atomic E-state index is 16.9. The molecule has 312 valence electrons. The zero-order valence-corrected chi connectivity index (χ0v) is 34.5. The number of carbonyl (C=O) groups excluding carboxylic acids is 2. The molecule has 58 heavy (non-hydrogen) atoms. The number of aromatic hydroxyl groups is 1. The van der Waals surface area contributed by atoms with E-state index in [4.69, 9.17) is 9.72 Å². The van der Waals surface area contributed by atoms with E-state index in [9.17, 15) is 14.7 Å². The van der Waals surface area contributed by atoms with Gasteiger partial charge in [-0.3, -0.25) is 19.5 Å². The Balaban J connectivity index is 0.993. The smallest absolute Gasteiger partial charge is 0.319 e. The van der Waals surface area contributed by atoms with Gasteiger partial charge in [0.1, 0.15) is 28.6 Å². The molecule has 2 bridgehead atoms. The fourth-order valence-electron chi connectivity index (χ4n) is 8.44. The lowest BCUT2D eigenvalue weighted by Gasteiger charge is -2.35. The number of aryl methyl sites for hydroxylation is 1. The van der Waals surface area contributed by atoms with Crippen LogP contribution in [0.4, 0.5) is 14.6 Å². The van der Waals surface area contributed by atoms with Gasteiger partial charge >= 0.3 is 6.01 Å². The fourth-order valence-corrected chi connectivity index (χ4v) is 8.44. The summed E-state index contributed by atoms with van der Waals surface area (Å²) in [6.07, 6.45) is 7.01. The number of unbranched alkanes of at least 4 members (excludes halogenated alkanes) is 1. The van der Waals surface area contributed by atoms with Crippen molar-refractivity contribution in [2.45, 2.75) is 104 Å². The van der Waals surface area contributed by atoms with Crippen molar-refractivity contribution in [2.75, 3.05) is 57.3 Å². The van der Waals surface area contributed by atoms with Crippen LogP contribution in [0.25, 0.3) is 32.9 Å². The van der Waals surface area contributed by atoms with Crippen LogP contribution >= 0.6 is 0 Å². The first kappa shape index (κ1) is 41.5. The average Bonchev–Trinajstić information content (AvgIpc) is 3.54. The number of fused-ring (bicyclic) bond motifs is 4. The van der Waals surface area contributed by atoms with Crippen molar-refractivity contribution in [2.24, 2.45) is 5.41 Å². The van der Waals surface area contributed by atoms with Gasteiger partial charge in [0.15, 0.2) is 5.82 Å². The van der Waals surface area contributed by atoms with Crippen LogP contribution in [0.15, 0.2) is 30.5 Å². The first-order valence-corrected chi connectivity index (χ1v) is 21.0. The van der Waals surface area contributed by atoms with Crippen LogP contribution in [0.3, 0.4) is 0 Å². The first-order valence-electron chi connectivity index (χ1n) is 21.0. The lowest BCUT2D eigenvalue weighted by molar-refractivity contribution is -0.133. The Kier molecular flexibility index (Phi) is 12.6. The summed E-state index contributed by atoms with van der Waals surface area (Å²) in [5.41, 5.74) is 0.741. The van der Waals surface area contributed by atoms with Gasteiger partial charge in [0.05, 0.1) is 12.0 Å². The van der Waals surface area contributed by atoms with Gasteiger partial charge < -0.3 is 30.3 Å². The van der Waals surface area contributed by atoms with Crippen molar-refractivity contribution in [1.29, 1.82) is 0 Å². The summed E-state index contributed by atoms with van der Waals surface area (Å²) in [5.74, 6) is -0.430. The molecule has 3 aliphatic rings. The minimum absolute atomic E-state index is 0.00205. The minimum Gasteiger partial charge on any atom is -0.508 e. The number of aromatic nitrogens is 3. The lowest BCUT2D eigenvalue weighted by Crippen LogP contribution is -2.51. The summed E-state index contributed by atoms with van der Waals surface area (Å²) in [5, 5.41) is 18.9. The van der Waals surface area contributed by atoms with E-state index in [1.807, 2.05) is 18.7 Å². The summed E-state index contributed by atoms with van der Waals surface area (Å²) in [7, 11) is 0. The monoisotopic (exact) mass is 800 g/mol. The number of pyridine rings is 1. The van der Waals surface area contributed by atoms with Crippen LogP contribution in [0.5, 0.6) is 11.8 Å². The van der Waals surface area contributed by atoms with Crippen LogP contribution in [0.1, 0.15) is 85.1 Å². The Morgan fingerprint density at radius 2 is 1.74 bits per heavy atom. The molecule has 0 saturated carbocycles. The molecule has 2 aromatic carbocycles. The highest BCUT2D eigenvalue weighted by atomic mass is 19.1. The molecule has 4 aromatic rings. The summed E-state index contributed by atoms with van der Waals surface area (Å²) < 4.78 is 38.1. The predicted octanol–water partition coefficient (Wildman–Crippen LogP) is 6.36. The number of ether oxygens (including phenoxy) is 1. The predicted molar refractivity (Wildman–Crippen MR) is 222 cm³/mol. The van der Waals surface area contributed by atoms with Crippen LogP contribution in [-0.4, -0.2) is 112 Å². The Bertz CT molecular complexity index is 2120. The molecular weight excluding hydrogens is 743 g/mol. The van der Waals surface area contributed by atoms with Gasteiger partial charge in [0.2, 0.25) is 11.8 Å². The molecule has 3 unspecified atom stereocenters. The van der Waals surface area contributed by atoms with Gasteiger partial charge in [-0.25, -0.2) is 8.78 Å². The third-order valence-electron chi connectivity index (χ3n) is 12.2. The molecule has 3 aliphatic heterocycles. The Morgan fingerprint density at radius 3 is 2.45 bits per heavy atom. The molecule has 5 heterocycles. The van der Waals surface area contributed by atoms with Gasteiger partial charge in [0.25, 0.3) is 0 Å². The van der Waals surface area contributed by atoms with Crippen molar-refractivity contribution in [3.63, 3.8) is 0 Å². The molecule has 3 fully saturated rings. The van der Waals surface area contributed by atoms with Gasteiger partial charge in [0, 0.05) is 88.5 Å². The third kappa shape index (κ3) is 9.28. The van der Waals surface area contributed by atoms with Crippen molar-refractivity contribution in [1.82, 2.24) is 35.4 Å². The number of hydrogen-bond acceptors (Lipinski definition) is 10. The number of nitrogens with zero attached hydrogens (tertiary/aromatic N) is 6. The number of amides is 2. The van der Waals surface area contributed by atoms with Crippen molar-refractivity contribution in [3.05, 3.63) is 47.7 Å². The second-order valence-corrected chi connectivity index (χ2v) is 17.3. The number of rotatable bonds is 14. The van der Waals surface area contributed by atoms with Crippen LogP contribution in [0, 0.1) is 17.0 Å². The Hall–Kier alpha value is -4.69. The molecule has 2 aromatic heterocycles. The molecule has 2 amide bonds. The number of hydrogen-bond donors (Lipinski definition) is 3. The number of benzene rings is 2. The highest BCUT2D eigenvalue weighted by Crippen LogP contribution is 2.39. The second-order valence-electron chi connectivity index (χ2n) is 17.3. The SMILES string of the molecule is CCc1c(F)ccc2cc(O)cc(-c3ncc4c(N5CC6CCC(C5)N6)nc(OCCCN5CCN(C(=O)CCCCC(=O)NC(C)C(C)(C)C)CC5)nc4c3F)c12. The van der Waals surface area contributed by atoms with E-state index in [2.05, 4.69) is 51.2 Å². The number of piperazine rings is 2. The number of carbonyl (C=O) groups is 2. The summed E-state index contributed by atoms with van der Waals surface area (Å²) >= 11 is 0. The van der Waals surface area contributed by atoms with E-state index in [0.717, 1.165) is 32.5 Å². The van der Waals surface area contributed by atoms with E-state index >= 15 is 8.78 Å². The Morgan fingerprint density at radius 1 is 1.02 bits per heavy atom. The molecule has 3 N–H and O–H groups in total. The zero-order chi connectivity index (χ0) is 41.1. The largest absolute Gasteiger partial charge is 0.508 e. The number of nitrogens with one attached hydrogen (secondary N) is 2. The molecule has 0 radical (unpaired) electrons. The quantitative estimate of drug-likeness (QED) is 0.124. The molecular formula is C44H58F2N8O4. The normalized spacial score (nSPS) is 19.2. The minimum atomic E-state index is -0.689. The van der Waals surface area contributed by atoms with Gasteiger partial charge in [-0.05, 0) is 85.4 Å². The van der Waals surface area contributed by atoms with Crippen LogP contribution in [0.2, 0.25) is 0 Å². The molecule has 12 nitrogen and oxygen atoms in total. The van der Waals surface area contributed by atoms with Gasteiger partial charge in [-0.2, -0.15) is 9.97 Å². The van der Waals surface area contributed by atoms with Crippen molar-refractivity contribution in [3.8, 4) is 23.0 Å². The summed E-state index contributed by atoms with van der Waals surface area (Å²) in [4.78, 5) is 45.6. The maximum Gasteiger partial charge on any atom is 0.319 e. The number of phenolic OH excluding ortho intramolecular Hbond substituents is 1. The van der Waals surface area contributed by atoms with Crippen molar-refractivity contribution >= 4 is 39.3 Å². The van der Waals surface area contributed by atoms with Gasteiger partial charge in [-0.1, -0.05) is 33.8 Å². The maximum absolute atomic E-state index is 16.9. The van der Waals surface area contributed by atoms with E-state index < -0.39 is 11.6 Å². The number of halogens is 2. The summed E-state index contributed by atoms with van der Waals surface area (Å²) in [6, 6.07) is 6.69. The molecule has 7 rings (SSSR count). The molecule has 14 heteroatoms. The van der Waals surface area contributed by atoms with Crippen molar-refractivity contribution < 1.29 is 28.2 Å². The Labute approximate surface area is 339 Å². The van der Waals surface area contributed by atoms with Crippen LogP contribution < -0.4 is 20.3 Å². The molecule has 3 atom stereocenters. The van der Waals surface area contributed by atoms with Crippen LogP contribution in [-0.2, 0) is 16.0 Å². The molecule has 0 spiro atoms. The fraction of sp³-hybridized carbons (Fsp3) is 0.568. The lowest BCUT2D eigenvalue weighted by atomic mass is 9.88. The van der Waals surface area contributed by atoms with E-state index in [1.54, 1.807) is 18.3 Å². The number of anilines is 1.